The van der Waals surface area contributed by atoms with E-state index in [1.165, 1.54) is 0 Å². The van der Waals surface area contributed by atoms with E-state index in [2.05, 4.69) is 17.4 Å². The zero-order valence-electron chi connectivity index (χ0n) is 9.91. The van der Waals surface area contributed by atoms with Crippen LogP contribution in [0.1, 0.15) is 5.56 Å². The van der Waals surface area contributed by atoms with E-state index in [-0.39, 0.29) is 0 Å². The van der Waals surface area contributed by atoms with Gasteiger partial charge in [-0.1, -0.05) is 41.0 Å². The number of benzene rings is 2. The van der Waals surface area contributed by atoms with E-state index in [9.17, 15) is 0 Å². The molecule has 94 valence electrons. The molecule has 2 aromatic rings. The van der Waals surface area contributed by atoms with Crippen LogP contribution in [-0.4, -0.2) is 7.05 Å². The molecule has 0 aromatic heterocycles. The number of hydrogen-bond acceptors (Lipinski definition) is 2. The SMILES string of the molecule is CNCc1ccc(Sc2ccc(Cl)cc2)cc1Cl. The third-order valence-corrected chi connectivity index (χ3v) is 4.04. The Labute approximate surface area is 121 Å². The molecule has 0 saturated carbocycles. The monoisotopic (exact) mass is 297 g/mol. The third-order valence-electron chi connectivity index (χ3n) is 2.44. The van der Waals surface area contributed by atoms with Gasteiger partial charge in [-0.2, -0.15) is 0 Å². The van der Waals surface area contributed by atoms with Crippen LogP contribution in [-0.2, 0) is 6.54 Å². The molecule has 0 unspecified atom stereocenters. The molecule has 2 aromatic carbocycles. The minimum atomic E-state index is 0.752. The van der Waals surface area contributed by atoms with Gasteiger partial charge in [0.15, 0.2) is 0 Å². The molecule has 1 nitrogen and oxygen atoms in total. The molecule has 1 N–H and O–H groups in total. The molecular weight excluding hydrogens is 285 g/mol. The summed E-state index contributed by atoms with van der Waals surface area (Å²) in [7, 11) is 1.91. The Kier molecular flexibility index (Phi) is 4.95. The molecule has 0 heterocycles. The maximum atomic E-state index is 6.23. The van der Waals surface area contributed by atoms with E-state index in [1.54, 1.807) is 11.8 Å². The highest BCUT2D eigenvalue weighted by Gasteiger charge is 2.03. The summed E-state index contributed by atoms with van der Waals surface area (Å²) >= 11 is 13.8. The van der Waals surface area contributed by atoms with Crippen molar-refractivity contribution >= 4 is 35.0 Å². The summed E-state index contributed by atoms with van der Waals surface area (Å²) in [5.41, 5.74) is 1.11. The van der Waals surface area contributed by atoms with Crippen LogP contribution in [0.2, 0.25) is 10.0 Å². The molecule has 18 heavy (non-hydrogen) atoms. The smallest absolute Gasteiger partial charge is 0.0462 e. The highest BCUT2D eigenvalue weighted by molar-refractivity contribution is 7.99. The van der Waals surface area contributed by atoms with Gasteiger partial charge in [0.1, 0.15) is 0 Å². The molecule has 0 fully saturated rings. The van der Waals surface area contributed by atoms with Crippen LogP contribution >= 0.6 is 35.0 Å². The minimum absolute atomic E-state index is 0.752. The molecule has 0 amide bonds. The second-order valence-electron chi connectivity index (χ2n) is 3.84. The first-order chi connectivity index (χ1) is 8.69. The Balaban J connectivity index is 2.14. The first kappa shape index (κ1) is 13.8. The van der Waals surface area contributed by atoms with Crippen LogP contribution in [0.15, 0.2) is 52.3 Å². The lowest BCUT2D eigenvalue weighted by Crippen LogP contribution is -2.05. The summed E-state index contributed by atoms with van der Waals surface area (Å²) < 4.78 is 0. The summed E-state index contributed by atoms with van der Waals surface area (Å²) in [6.45, 7) is 0.782. The fourth-order valence-corrected chi connectivity index (χ4v) is 2.86. The van der Waals surface area contributed by atoms with Crippen molar-refractivity contribution in [1.29, 1.82) is 0 Å². The first-order valence-corrected chi connectivity index (χ1v) is 7.13. The molecule has 0 saturated heterocycles. The molecule has 4 heteroatoms. The van der Waals surface area contributed by atoms with Crippen LogP contribution in [0, 0.1) is 0 Å². The van der Waals surface area contributed by atoms with Crippen LogP contribution in [0.4, 0.5) is 0 Å². The fraction of sp³-hybridized carbons (Fsp3) is 0.143. The van der Waals surface area contributed by atoms with E-state index < -0.39 is 0 Å². The average Bonchev–Trinajstić information content (AvgIpc) is 2.36. The van der Waals surface area contributed by atoms with Crippen molar-refractivity contribution in [1.82, 2.24) is 5.32 Å². The predicted octanol–water partition coefficient (Wildman–Crippen LogP) is 4.86. The Morgan fingerprint density at radius 2 is 1.67 bits per heavy atom. The van der Waals surface area contributed by atoms with Crippen molar-refractivity contribution in [3.63, 3.8) is 0 Å². The van der Waals surface area contributed by atoms with Gasteiger partial charge in [-0.25, -0.2) is 0 Å². The van der Waals surface area contributed by atoms with Crippen molar-refractivity contribution < 1.29 is 0 Å². The molecule has 0 bridgehead atoms. The van der Waals surface area contributed by atoms with Crippen molar-refractivity contribution in [3.05, 3.63) is 58.1 Å². The summed E-state index contributed by atoms with van der Waals surface area (Å²) in [5, 5.41) is 4.64. The Morgan fingerprint density at radius 3 is 2.28 bits per heavy atom. The quantitative estimate of drug-likeness (QED) is 0.864. The highest BCUT2D eigenvalue weighted by Crippen LogP contribution is 2.31. The van der Waals surface area contributed by atoms with Gasteiger partial charge in [0.25, 0.3) is 0 Å². The van der Waals surface area contributed by atoms with Crippen LogP contribution in [0.5, 0.6) is 0 Å². The molecule has 0 aliphatic heterocycles. The largest absolute Gasteiger partial charge is 0.316 e. The van der Waals surface area contributed by atoms with Crippen molar-refractivity contribution in [2.75, 3.05) is 7.05 Å². The van der Waals surface area contributed by atoms with E-state index in [1.807, 2.05) is 37.4 Å². The van der Waals surface area contributed by atoms with Gasteiger partial charge >= 0.3 is 0 Å². The number of halogens is 2. The maximum Gasteiger partial charge on any atom is 0.0462 e. The zero-order chi connectivity index (χ0) is 13.0. The van der Waals surface area contributed by atoms with Crippen molar-refractivity contribution in [2.24, 2.45) is 0 Å². The molecular formula is C14H13Cl2NS. The van der Waals surface area contributed by atoms with E-state index in [4.69, 9.17) is 23.2 Å². The molecule has 0 aliphatic carbocycles. The van der Waals surface area contributed by atoms with Crippen LogP contribution < -0.4 is 5.32 Å². The second-order valence-corrected chi connectivity index (χ2v) is 5.83. The van der Waals surface area contributed by atoms with Gasteiger partial charge in [0, 0.05) is 26.4 Å². The van der Waals surface area contributed by atoms with E-state index in [0.29, 0.717) is 0 Å². The van der Waals surface area contributed by atoms with Gasteiger partial charge < -0.3 is 5.32 Å². The Hall–Kier alpha value is -0.670. The Bertz CT molecular complexity index is 526. The lowest BCUT2D eigenvalue weighted by Gasteiger charge is -2.06. The molecule has 0 atom stereocenters. The van der Waals surface area contributed by atoms with Gasteiger partial charge in [0.2, 0.25) is 0 Å². The Morgan fingerprint density at radius 1 is 1.00 bits per heavy atom. The second kappa shape index (κ2) is 6.48. The maximum absolute atomic E-state index is 6.23. The number of nitrogens with one attached hydrogen (secondary N) is 1. The van der Waals surface area contributed by atoms with Gasteiger partial charge in [-0.15, -0.1) is 0 Å². The third kappa shape index (κ3) is 3.66. The molecule has 0 aliphatic rings. The van der Waals surface area contributed by atoms with Crippen LogP contribution in [0.3, 0.4) is 0 Å². The summed E-state index contributed by atoms with van der Waals surface area (Å²) in [6.07, 6.45) is 0. The van der Waals surface area contributed by atoms with E-state index in [0.717, 1.165) is 31.9 Å². The minimum Gasteiger partial charge on any atom is -0.316 e. The van der Waals surface area contributed by atoms with Gasteiger partial charge in [-0.05, 0) is 49.0 Å². The first-order valence-electron chi connectivity index (χ1n) is 5.55. The fourth-order valence-electron chi connectivity index (χ4n) is 1.56. The van der Waals surface area contributed by atoms with E-state index >= 15 is 0 Å². The molecule has 2 rings (SSSR count). The topological polar surface area (TPSA) is 12.0 Å². The number of hydrogen-bond donors (Lipinski definition) is 1. The lowest BCUT2D eigenvalue weighted by atomic mass is 10.2. The zero-order valence-corrected chi connectivity index (χ0v) is 12.2. The van der Waals surface area contributed by atoms with Crippen molar-refractivity contribution in [3.8, 4) is 0 Å². The van der Waals surface area contributed by atoms with Gasteiger partial charge in [0.05, 0.1) is 0 Å². The van der Waals surface area contributed by atoms with Crippen LogP contribution in [0.25, 0.3) is 0 Å². The lowest BCUT2D eigenvalue weighted by molar-refractivity contribution is 0.817. The molecule has 0 radical (unpaired) electrons. The number of rotatable bonds is 4. The predicted molar refractivity (Wildman–Crippen MR) is 79.8 cm³/mol. The van der Waals surface area contributed by atoms with Crippen molar-refractivity contribution in [2.45, 2.75) is 16.3 Å². The summed E-state index contributed by atoms with van der Waals surface area (Å²) in [5.74, 6) is 0. The normalized spacial score (nSPS) is 10.6. The summed E-state index contributed by atoms with van der Waals surface area (Å²) in [4.78, 5) is 2.28. The molecule has 0 spiro atoms. The van der Waals surface area contributed by atoms with Gasteiger partial charge in [-0.3, -0.25) is 0 Å². The average molecular weight is 298 g/mol. The summed E-state index contributed by atoms with van der Waals surface area (Å²) in [6, 6.07) is 13.9. The standard InChI is InChI=1S/C14H13Cl2NS/c1-17-9-10-2-5-13(8-14(10)16)18-12-6-3-11(15)4-7-12/h2-8,17H,9H2,1H3. The highest BCUT2D eigenvalue weighted by atomic mass is 35.5.